The fourth-order valence-electron chi connectivity index (χ4n) is 3.43. The van der Waals surface area contributed by atoms with Gasteiger partial charge in [0.2, 0.25) is 0 Å². The van der Waals surface area contributed by atoms with Crippen LogP contribution < -0.4 is 5.32 Å². The summed E-state index contributed by atoms with van der Waals surface area (Å²) in [6.07, 6.45) is 9.89. The minimum atomic E-state index is 0.534. The van der Waals surface area contributed by atoms with Gasteiger partial charge in [0.05, 0.1) is 0 Å². The minimum absolute atomic E-state index is 0.534. The average Bonchev–Trinajstić information content (AvgIpc) is 2.62. The molecule has 2 heteroatoms. The third-order valence-electron chi connectivity index (χ3n) is 4.60. The number of hydrogen-bond donors (Lipinski definition) is 1. The van der Waals surface area contributed by atoms with Crippen molar-refractivity contribution in [2.24, 2.45) is 5.41 Å². The van der Waals surface area contributed by atoms with Crippen LogP contribution in [0.4, 0.5) is 0 Å². The van der Waals surface area contributed by atoms with E-state index in [1.165, 1.54) is 71.1 Å². The molecule has 1 aliphatic rings. The fraction of sp³-hybridized carbons (Fsp3) is 1.00. The minimum Gasteiger partial charge on any atom is -0.314 e. The lowest BCUT2D eigenvalue weighted by Gasteiger charge is -2.38. The van der Waals surface area contributed by atoms with E-state index in [9.17, 15) is 0 Å². The highest BCUT2D eigenvalue weighted by Gasteiger charge is 2.32. The quantitative estimate of drug-likeness (QED) is 0.668. The third kappa shape index (κ3) is 6.27. The van der Waals surface area contributed by atoms with Gasteiger partial charge in [0.15, 0.2) is 0 Å². The third-order valence-corrected chi connectivity index (χ3v) is 4.60. The largest absolute Gasteiger partial charge is 0.314 e. The second-order valence-corrected chi connectivity index (χ2v) is 6.82. The van der Waals surface area contributed by atoms with Gasteiger partial charge in [-0.2, -0.15) is 0 Å². The van der Waals surface area contributed by atoms with E-state index < -0.39 is 0 Å². The molecule has 1 aliphatic carbocycles. The van der Waals surface area contributed by atoms with Crippen LogP contribution >= 0.6 is 0 Å². The Bertz CT molecular complexity index is 217. The Hall–Kier alpha value is -0.0800. The summed E-state index contributed by atoms with van der Waals surface area (Å²) in [7, 11) is 0. The average molecular weight is 268 g/mol. The van der Waals surface area contributed by atoms with Gasteiger partial charge >= 0.3 is 0 Å². The van der Waals surface area contributed by atoms with Gasteiger partial charge in [0.1, 0.15) is 0 Å². The van der Waals surface area contributed by atoms with Gasteiger partial charge in [-0.05, 0) is 37.8 Å². The number of hydrogen-bond acceptors (Lipinski definition) is 2. The molecule has 0 heterocycles. The van der Waals surface area contributed by atoms with E-state index in [1.54, 1.807) is 0 Å². The molecular weight excluding hydrogens is 232 g/mol. The molecule has 0 aromatic heterocycles. The molecule has 0 atom stereocenters. The molecule has 0 unspecified atom stereocenters. The van der Waals surface area contributed by atoms with Crippen LogP contribution in [0, 0.1) is 5.41 Å². The first-order chi connectivity index (χ1) is 9.12. The van der Waals surface area contributed by atoms with E-state index in [-0.39, 0.29) is 0 Å². The second kappa shape index (κ2) is 8.97. The molecule has 1 rings (SSSR count). The lowest BCUT2D eigenvalue weighted by atomic mass is 9.79. The Kier molecular flexibility index (Phi) is 8.01. The standard InChI is InChI=1S/C17H36N2/c1-5-13-19(6-2)15-17(14-18-16(3)4)11-9-7-8-10-12-17/h16,18H,5-15H2,1-4H3. The lowest BCUT2D eigenvalue weighted by Crippen LogP contribution is -2.45. The molecule has 0 aromatic carbocycles. The van der Waals surface area contributed by atoms with Crippen LogP contribution in [0.5, 0.6) is 0 Å². The van der Waals surface area contributed by atoms with Crippen molar-refractivity contribution in [3.05, 3.63) is 0 Å². The van der Waals surface area contributed by atoms with Gasteiger partial charge in [-0.1, -0.05) is 53.4 Å². The molecule has 2 nitrogen and oxygen atoms in total. The Labute approximate surface area is 121 Å². The molecular formula is C17H36N2. The second-order valence-electron chi connectivity index (χ2n) is 6.82. The summed E-state index contributed by atoms with van der Waals surface area (Å²) in [5.74, 6) is 0. The molecule has 19 heavy (non-hydrogen) atoms. The topological polar surface area (TPSA) is 15.3 Å². The zero-order valence-electron chi connectivity index (χ0n) is 13.8. The maximum Gasteiger partial charge on any atom is 0.00500 e. The van der Waals surface area contributed by atoms with Crippen molar-refractivity contribution in [1.29, 1.82) is 0 Å². The van der Waals surface area contributed by atoms with Crippen molar-refractivity contribution in [2.75, 3.05) is 26.2 Å². The number of rotatable bonds is 8. The molecule has 0 bridgehead atoms. The summed E-state index contributed by atoms with van der Waals surface area (Å²) in [5, 5.41) is 3.73. The van der Waals surface area contributed by atoms with Crippen LogP contribution in [0.1, 0.15) is 72.6 Å². The monoisotopic (exact) mass is 268 g/mol. The maximum atomic E-state index is 3.73. The normalized spacial score (nSPS) is 19.9. The molecule has 1 saturated carbocycles. The molecule has 0 radical (unpaired) electrons. The smallest absolute Gasteiger partial charge is 0.00500 e. The summed E-state index contributed by atoms with van der Waals surface area (Å²) in [6.45, 7) is 14.1. The Morgan fingerprint density at radius 1 is 1.05 bits per heavy atom. The SMILES string of the molecule is CCCN(CC)CC1(CNC(C)C)CCCCCC1. The zero-order chi connectivity index (χ0) is 14.1. The zero-order valence-corrected chi connectivity index (χ0v) is 13.8. The maximum absolute atomic E-state index is 3.73. The molecule has 114 valence electrons. The summed E-state index contributed by atoms with van der Waals surface area (Å²) >= 11 is 0. The Morgan fingerprint density at radius 3 is 2.16 bits per heavy atom. The predicted molar refractivity (Wildman–Crippen MR) is 85.7 cm³/mol. The highest BCUT2D eigenvalue weighted by molar-refractivity contribution is 4.87. The summed E-state index contributed by atoms with van der Waals surface area (Å²) in [4.78, 5) is 2.67. The van der Waals surface area contributed by atoms with Crippen molar-refractivity contribution >= 4 is 0 Å². The lowest BCUT2D eigenvalue weighted by molar-refractivity contribution is 0.128. The molecule has 1 fully saturated rings. The van der Waals surface area contributed by atoms with Crippen molar-refractivity contribution in [2.45, 2.75) is 78.7 Å². The molecule has 1 N–H and O–H groups in total. The van der Waals surface area contributed by atoms with Gasteiger partial charge in [-0.3, -0.25) is 0 Å². The first-order valence-electron chi connectivity index (χ1n) is 8.57. The molecule has 0 aromatic rings. The first-order valence-corrected chi connectivity index (χ1v) is 8.57. The van der Waals surface area contributed by atoms with Crippen LogP contribution in [-0.4, -0.2) is 37.1 Å². The van der Waals surface area contributed by atoms with Gasteiger partial charge in [-0.25, -0.2) is 0 Å². The highest BCUT2D eigenvalue weighted by Crippen LogP contribution is 2.35. The summed E-state index contributed by atoms with van der Waals surface area (Å²) in [5.41, 5.74) is 0.534. The molecule has 0 spiro atoms. The predicted octanol–water partition coefficient (Wildman–Crippen LogP) is 4.06. The van der Waals surface area contributed by atoms with E-state index >= 15 is 0 Å². The van der Waals surface area contributed by atoms with E-state index in [1.807, 2.05) is 0 Å². The van der Waals surface area contributed by atoms with Crippen LogP contribution in [0.25, 0.3) is 0 Å². The van der Waals surface area contributed by atoms with E-state index in [0.29, 0.717) is 11.5 Å². The van der Waals surface area contributed by atoms with E-state index in [2.05, 4.69) is 37.9 Å². The number of nitrogens with one attached hydrogen (secondary N) is 1. The van der Waals surface area contributed by atoms with Gasteiger partial charge in [0.25, 0.3) is 0 Å². The van der Waals surface area contributed by atoms with Crippen molar-refractivity contribution in [1.82, 2.24) is 10.2 Å². The van der Waals surface area contributed by atoms with Crippen LogP contribution in [-0.2, 0) is 0 Å². The Balaban J connectivity index is 2.65. The molecule has 0 aliphatic heterocycles. The van der Waals surface area contributed by atoms with Gasteiger partial charge in [0, 0.05) is 19.1 Å². The van der Waals surface area contributed by atoms with Crippen LogP contribution in [0.15, 0.2) is 0 Å². The fourth-order valence-corrected chi connectivity index (χ4v) is 3.43. The molecule has 0 amide bonds. The van der Waals surface area contributed by atoms with Crippen LogP contribution in [0.2, 0.25) is 0 Å². The van der Waals surface area contributed by atoms with Crippen molar-refractivity contribution < 1.29 is 0 Å². The van der Waals surface area contributed by atoms with E-state index in [0.717, 1.165) is 0 Å². The summed E-state index contributed by atoms with van der Waals surface area (Å²) in [6, 6.07) is 0.612. The number of nitrogens with zero attached hydrogens (tertiary/aromatic N) is 1. The van der Waals surface area contributed by atoms with Gasteiger partial charge < -0.3 is 10.2 Å². The summed E-state index contributed by atoms with van der Waals surface area (Å²) < 4.78 is 0. The van der Waals surface area contributed by atoms with Gasteiger partial charge in [-0.15, -0.1) is 0 Å². The molecule has 0 saturated heterocycles. The highest BCUT2D eigenvalue weighted by atomic mass is 15.1. The van der Waals surface area contributed by atoms with Crippen molar-refractivity contribution in [3.63, 3.8) is 0 Å². The Morgan fingerprint density at radius 2 is 1.68 bits per heavy atom. The van der Waals surface area contributed by atoms with Crippen LogP contribution in [0.3, 0.4) is 0 Å². The first kappa shape index (κ1) is 17.0. The van der Waals surface area contributed by atoms with Crippen molar-refractivity contribution in [3.8, 4) is 0 Å². The van der Waals surface area contributed by atoms with E-state index in [4.69, 9.17) is 0 Å².